The zero-order chi connectivity index (χ0) is 10.7. The van der Waals surface area contributed by atoms with E-state index in [0.717, 1.165) is 11.3 Å². The molecule has 0 saturated carbocycles. The molecule has 0 amide bonds. The average molecular weight is 224 g/mol. The highest BCUT2D eigenvalue weighted by molar-refractivity contribution is 6.29. The van der Waals surface area contributed by atoms with Crippen molar-refractivity contribution in [2.45, 2.75) is 6.04 Å². The molecule has 5 heteroatoms. The van der Waals surface area contributed by atoms with Gasteiger partial charge in [-0.05, 0) is 23.8 Å². The van der Waals surface area contributed by atoms with Gasteiger partial charge >= 0.3 is 0 Å². The van der Waals surface area contributed by atoms with Crippen LogP contribution in [0.25, 0.3) is 0 Å². The lowest BCUT2D eigenvalue weighted by atomic mass is 10.1. The van der Waals surface area contributed by atoms with Crippen molar-refractivity contribution in [2.24, 2.45) is 5.84 Å². The number of nitrogens with zero attached hydrogens (tertiary/aromatic N) is 1. The molecule has 0 aliphatic rings. The molecule has 2 rings (SSSR count). The molecule has 3 N–H and O–H groups in total. The lowest BCUT2D eigenvalue weighted by molar-refractivity contribution is 0.451. The first-order valence-electron chi connectivity index (χ1n) is 4.42. The summed E-state index contributed by atoms with van der Waals surface area (Å²) in [4.78, 5) is 3.99. The molecule has 2 aromatic rings. The summed E-state index contributed by atoms with van der Waals surface area (Å²) in [5.74, 6) is 6.20. The van der Waals surface area contributed by atoms with E-state index in [4.69, 9.17) is 21.9 Å². The van der Waals surface area contributed by atoms with E-state index in [1.165, 1.54) is 0 Å². The van der Waals surface area contributed by atoms with Crippen LogP contribution in [0.2, 0.25) is 5.15 Å². The number of rotatable bonds is 3. The third kappa shape index (κ3) is 2.18. The van der Waals surface area contributed by atoms with Crippen LogP contribution >= 0.6 is 11.6 Å². The van der Waals surface area contributed by atoms with Crippen molar-refractivity contribution in [2.75, 3.05) is 0 Å². The Morgan fingerprint density at radius 1 is 1.40 bits per heavy atom. The molecule has 0 bridgehead atoms. The Bertz CT molecular complexity index is 413. The van der Waals surface area contributed by atoms with Crippen LogP contribution in [-0.2, 0) is 0 Å². The molecule has 78 valence electrons. The van der Waals surface area contributed by atoms with Crippen LogP contribution in [0.3, 0.4) is 0 Å². The summed E-state index contributed by atoms with van der Waals surface area (Å²) in [7, 11) is 0. The van der Waals surface area contributed by atoms with Crippen LogP contribution in [0.4, 0.5) is 0 Å². The van der Waals surface area contributed by atoms with Crippen molar-refractivity contribution in [1.82, 2.24) is 10.4 Å². The van der Waals surface area contributed by atoms with Gasteiger partial charge in [-0.25, -0.2) is 10.4 Å². The minimum absolute atomic E-state index is 0.204. The number of hydrogen-bond donors (Lipinski definition) is 2. The van der Waals surface area contributed by atoms with Crippen LogP contribution < -0.4 is 11.3 Å². The van der Waals surface area contributed by atoms with Crippen molar-refractivity contribution in [1.29, 1.82) is 0 Å². The zero-order valence-corrected chi connectivity index (χ0v) is 8.61. The molecule has 4 nitrogen and oxygen atoms in total. The van der Waals surface area contributed by atoms with Gasteiger partial charge in [-0.15, -0.1) is 0 Å². The predicted octanol–water partition coefficient (Wildman–Crippen LogP) is 1.88. The van der Waals surface area contributed by atoms with Gasteiger partial charge in [-0.3, -0.25) is 5.84 Å². The Morgan fingerprint density at radius 3 is 2.80 bits per heavy atom. The molecule has 0 saturated heterocycles. The van der Waals surface area contributed by atoms with Crippen LogP contribution in [0.5, 0.6) is 0 Å². The second-order valence-corrected chi connectivity index (χ2v) is 3.42. The molecule has 0 fully saturated rings. The largest absolute Gasteiger partial charge is 0.467 e. The van der Waals surface area contributed by atoms with Crippen molar-refractivity contribution < 1.29 is 4.42 Å². The summed E-state index contributed by atoms with van der Waals surface area (Å²) in [6.45, 7) is 0. The SMILES string of the molecule is NNC(c1ccc(Cl)nc1)c1ccco1. The molecule has 0 aromatic carbocycles. The van der Waals surface area contributed by atoms with E-state index in [-0.39, 0.29) is 6.04 Å². The van der Waals surface area contributed by atoms with E-state index < -0.39 is 0 Å². The zero-order valence-electron chi connectivity index (χ0n) is 7.85. The second-order valence-electron chi connectivity index (χ2n) is 3.03. The molecule has 2 heterocycles. The average Bonchev–Trinajstić information content (AvgIpc) is 2.75. The molecular formula is C10H10ClN3O. The number of halogens is 1. The number of hydrazine groups is 1. The van der Waals surface area contributed by atoms with Gasteiger partial charge in [0.2, 0.25) is 0 Å². The molecule has 1 atom stereocenters. The number of nitrogens with two attached hydrogens (primary N) is 1. The number of hydrogen-bond acceptors (Lipinski definition) is 4. The van der Waals surface area contributed by atoms with Crippen molar-refractivity contribution in [3.05, 3.63) is 53.2 Å². The van der Waals surface area contributed by atoms with E-state index >= 15 is 0 Å². The van der Waals surface area contributed by atoms with Gasteiger partial charge < -0.3 is 4.42 Å². The topological polar surface area (TPSA) is 64.1 Å². The smallest absolute Gasteiger partial charge is 0.129 e. The fourth-order valence-electron chi connectivity index (χ4n) is 1.36. The standard InChI is InChI=1S/C10H10ClN3O/c11-9-4-3-7(6-13-9)10(14-12)8-2-1-5-15-8/h1-6,10,14H,12H2. The number of furan rings is 1. The monoisotopic (exact) mass is 223 g/mol. The lowest BCUT2D eigenvalue weighted by Crippen LogP contribution is -2.28. The Balaban J connectivity index is 2.31. The van der Waals surface area contributed by atoms with Crippen LogP contribution in [0.1, 0.15) is 17.4 Å². The fourth-order valence-corrected chi connectivity index (χ4v) is 1.47. The summed E-state index contributed by atoms with van der Waals surface area (Å²) < 4.78 is 5.27. The number of pyridine rings is 1. The summed E-state index contributed by atoms with van der Waals surface area (Å²) in [6, 6.07) is 7.01. The van der Waals surface area contributed by atoms with Gasteiger partial charge in [0.25, 0.3) is 0 Å². The third-order valence-corrected chi connectivity index (χ3v) is 2.30. The number of nitrogens with one attached hydrogen (secondary N) is 1. The van der Waals surface area contributed by atoms with Gasteiger partial charge in [0.15, 0.2) is 0 Å². The van der Waals surface area contributed by atoms with Crippen LogP contribution in [0.15, 0.2) is 41.1 Å². The summed E-state index contributed by atoms with van der Waals surface area (Å²) in [5.41, 5.74) is 3.56. The molecule has 15 heavy (non-hydrogen) atoms. The van der Waals surface area contributed by atoms with Crippen molar-refractivity contribution in [3.8, 4) is 0 Å². The Labute approximate surface area is 92.0 Å². The van der Waals surface area contributed by atoms with Gasteiger partial charge in [-0.1, -0.05) is 17.7 Å². The molecule has 0 aliphatic heterocycles. The Kier molecular flexibility index (Phi) is 3.01. The second kappa shape index (κ2) is 4.44. The molecule has 1 unspecified atom stereocenters. The first-order chi connectivity index (χ1) is 7.31. The maximum Gasteiger partial charge on any atom is 0.129 e. The maximum atomic E-state index is 5.70. The maximum absolute atomic E-state index is 5.70. The summed E-state index contributed by atoms with van der Waals surface area (Å²) in [6.07, 6.45) is 3.26. The van der Waals surface area contributed by atoms with Crippen molar-refractivity contribution in [3.63, 3.8) is 0 Å². The quantitative estimate of drug-likeness (QED) is 0.474. The summed E-state index contributed by atoms with van der Waals surface area (Å²) >= 11 is 5.70. The normalized spacial score (nSPS) is 12.7. The highest BCUT2D eigenvalue weighted by Crippen LogP contribution is 2.21. The van der Waals surface area contributed by atoms with Gasteiger partial charge in [0, 0.05) is 6.20 Å². The van der Waals surface area contributed by atoms with Gasteiger partial charge in [0.1, 0.15) is 17.0 Å². The summed E-state index contributed by atoms with van der Waals surface area (Å²) in [5, 5.41) is 0.453. The van der Waals surface area contributed by atoms with E-state index in [1.807, 2.05) is 18.2 Å². The predicted molar refractivity (Wildman–Crippen MR) is 57.1 cm³/mol. The van der Waals surface area contributed by atoms with E-state index in [2.05, 4.69) is 10.4 Å². The van der Waals surface area contributed by atoms with Crippen LogP contribution in [-0.4, -0.2) is 4.98 Å². The first kappa shape index (κ1) is 10.2. The highest BCUT2D eigenvalue weighted by Gasteiger charge is 2.14. The Hall–Kier alpha value is -1.36. The van der Waals surface area contributed by atoms with Gasteiger partial charge in [0.05, 0.1) is 6.26 Å². The highest BCUT2D eigenvalue weighted by atomic mass is 35.5. The van der Waals surface area contributed by atoms with E-state index in [1.54, 1.807) is 18.5 Å². The minimum Gasteiger partial charge on any atom is -0.467 e. The van der Waals surface area contributed by atoms with Gasteiger partial charge in [-0.2, -0.15) is 0 Å². The minimum atomic E-state index is -0.204. The molecule has 2 aromatic heterocycles. The lowest BCUT2D eigenvalue weighted by Gasteiger charge is -2.12. The molecule has 0 radical (unpaired) electrons. The fraction of sp³-hybridized carbons (Fsp3) is 0.100. The molecule has 0 spiro atoms. The third-order valence-electron chi connectivity index (χ3n) is 2.08. The van der Waals surface area contributed by atoms with Crippen molar-refractivity contribution >= 4 is 11.6 Å². The first-order valence-corrected chi connectivity index (χ1v) is 4.80. The Morgan fingerprint density at radius 2 is 2.27 bits per heavy atom. The molecular weight excluding hydrogens is 214 g/mol. The molecule has 0 aliphatic carbocycles. The van der Waals surface area contributed by atoms with E-state index in [9.17, 15) is 0 Å². The van der Waals surface area contributed by atoms with Crippen LogP contribution in [0, 0.1) is 0 Å². The number of aromatic nitrogens is 1. The van der Waals surface area contributed by atoms with E-state index in [0.29, 0.717) is 5.15 Å².